The number of carbonyl (C=O) groups excluding carboxylic acids is 2. The lowest BCUT2D eigenvalue weighted by Gasteiger charge is -2.09. The van der Waals surface area contributed by atoms with Crippen molar-refractivity contribution in [2.24, 2.45) is 7.05 Å². The van der Waals surface area contributed by atoms with Crippen molar-refractivity contribution < 1.29 is 14.3 Å². The van der Waals surface area contributed by atoms with E-state index in [2.05, 4.69) is 0 Å². The Morgan fingerprint density at radius 3 is 2.31 bits per heavy atom. The number of nitrogens with zero attached hydrogens (tertiary/aromatic N) is 1. The molecule has 144 valence electrons. The number of benzene rings is 3. The third-order valence-electron chi connectivity index (χ3n) is 4.86. The van der Waals surface area contributed by atoms with Gasteiger partial charge < -0.3 is 9.30 Å². The van der Waals surface area contributed by atoms with Gasteiger partial charge in [0.1, 0.15) is 0 Å². The Morgan fingerprint density at radius 1 is 0.897 bits per heavy atom. The molecule has 29 heavy (non-hydrogen) atoms. The molecule has 0 unspecified atom stereocenters. The number of rotatable bonds is 5. The number of hydrogen-bond acceptors (Lipinski definition) is 3. The highest BCUT2D eigenvalue weighted by molar-refractivity contribution is 6.33. The van der Waals surface area contributed by atoms with Gasteiger partial charge in [-0.3, -0.25) is 4.79 Å². The van der Waals surface area contributed by atoms with E-state index in [0.29, 0.717) is 10.6 Å². The molecule has 1 heterocycles. The van der Waals surface area contributed by atoms with E-state index < -0.39 is 5.97 Å². The number of fused-ring (bicyclic) bond motifs is 1. The van der Waals surface area contributed by atoms with Gasteiger partial charge >= 0.3 is 5.97 Å². The minimum absolute atomic E-state index is 0.239. The highest BCUT2D eigenvalue weighted by atomic mass is 35.5. The van der Waals surface area contributed by atoms with E-state index in [9.17, 15) is 9.59 Å². The van der Waals surface area contributed by atoms with E-state index in [1.807, 2.05) is 66.2 Å². The van der Waals surface area contributed by atoms with Gasteiger partial charge in [-0.25, -0.2) is 4.79 Å². The Morgan fingerprint density at radius 2 is 1.55 bits per heavy atom. The average molecular weight is 404 g/mol. The Kier molecular flexibility index (Phi) is 5.19. The topological polar surface area (TPSA) is 48.3 Å². The first kappa shape index (κ1) is 19.0. The summed E-state index contributed by atoms with van der Waals surface area (Å²) in [4.78, 5) is 25.5. The van der Waals surface area contributed by atoms with Gasteiger partial charge in [-0.2, -0.15) is 0 Å². The van der Waals surface area contributed by atoms with Crippen LogP contribution in [0.2, 0.25) is 5.02 Å². The fourth-order valence-corrected chi connectivity index (χ4v) is 3.73. The summed E-state index contributed by atoms with van der Waals surface area (Å²) < 4.78 is 7.29. The van der Waals surface area contributed by atoms with Crippen LogP contribution in [-0.2, 0) is 11.8 Å². The minimum atomic E-state index is -0.620. The van der Waals surface area contributed by atoms with Crippen molar-refractivity contribution in [1.82, 2.24) is 4.57 Å². The molecule has 0 spiro atoms. The zero-order valence-corrected chi connectivity index (χ0v) is 16.5. The Balaban J connectivity index is 1.71. The normalized spacial score (nSPS) is 10.8. The highest BCUT2D eigenvalue weighted by Gasteiger charge is 2.23. The summed E-state index contributed by atoms with van der Waals surface area (Å²) in [6.07, 6.45) is 0. The summed E-state index contributed by atoms with van der Waals surface area (Å²) >= 11 is 6.05. The van der Waals surface area contributed by atoms with E-state index in [1.54, 1.807) is 24.3 Å². The molecule has 0 bridgehead atoms. The average Bonchev–Trinajstić information content (AvgIpc) is 3.05. The van der Waals surface area contributed by atoms with Gasteiger partial charge in [0.15, 0.2) is 6.61 Å². The molecule has 3 aromatic carbocycles. The number of esters is 1. The van der Waals surface area contributed by atoms with Gasteiger partial charge in [-0.1, -0.05) is 72.3 Å². The maximum Gasteiger partial charge on any atom is 0.340 e. The molecule has 4 rings (SSSR count). The lowest BCUT2D eigenvalue weighted by molar-refractivity contribution is 0.0475. The number of hydrogen-bond donors (Lipinski definition) is 0. The van der Waals surface area contributed by atoms with Gasteiger partial charge in [0.25, 0.3) is 0 Å². The van der Waals surface area contributed by atoms with Gasteiger partial charge in [-0.05, 0) is 23.8 Å². The van der Waals surface area contributed by atoms with Crippen LogP contribution in [0.15, 0.2) is 78.9 Å². The van der Waals surface area contributed by atoms with Crippen molar-refractivity contribution in [3.05, 3.63) is 95.0 Å². The molecule has 0 aliphatic rings. The molecular weight excluding hydrogens is 386 g/mol. The first-order valence-corrected chi connectivity index (χ1v) is 9.53. The second kappa shape index (κ2) is 7.94. The van der Waals surface area contributed by atoms with Gasteiger partial charge in [0.05, 0.1) is 21.8 Å². The van der Waals surface area contributed by atoms with Crippen molar-refractivity contribution in [3.8, 4) is 11.3 Å². The molecule has 4 aromatic rings. The van der Waals surface area contributed by atoms with Crippen LogP contribution in [0.4, 0.5) is 0 Å². The van der Waals surface area contributed by atoms with Crippen molar-refractivity contribution >= 4 is 34.3 Å². The molecule has 0 N–H and O–H groups in total. The zero-order chi connectivity index (χ0) is 20.4. The van der Waals surface area contributed by atoms with E-state index in [-0.39, 0.29) is 18.0 Å². The lowest BCUT2D eigenvalue weighted by atomic mass is 10.0. The van der Waals surface area contributed by atoms with E-state index >= 15 is 0 Å². The molecule has 0 aliphatic heterocycles. The third-order valence-corrected chi connectivity index (χ3v) is 5.19. The van der Waals surface area contributed by atoms with Crippen LogP contribution in [0.5, 0.6) is 0 Å². The summed E-state index contributed by atoms with van der Waals surface area (Å²) in [5.74, 6) is -0.883. The number of aromatic nitrogens is 1. The fraction of sp³-hybridized carbons (Fsp3) is 0.0833. The Labute approximate surface area is 173 Å². The van der Waals surface area contributed by atoms with Crippen molar-refractivity contribution in [1.29, 1.82) is 0 Å². The van der Waals surface area contributed by atoms with Crippen LogP contribution in [-0.4, -0.2) is 22.9 Å². The number of ketones is 1. The van der Waals surface area contributed by atoms with E-state index in [1.165, 1.54) is 0 Å². The quantitative estimate of drug-likeness (QED) is 0.325. The van der Waals surface area contributed by atoms with Crippen molar-refractivity contribution in [3.63, 3.8) is 0 Å². The molecule has 0 aliphatic carbocycles. The predicted molar refractivity (Wildman–Crippen MR) is 114 cm³/mol. The van der Waals surface area contributed by atoms with Gasteiger partial charge in [0, 0.05) is 18.0 Å². The van der Waals surface area contributed by atoms with E-state index in [0.717, 1.165) is 22.2 Å². The molecule has 5 heteroatoms. The predicted octanol–water partition coefficient (Wildman–Crippen LogP) is 5.54. The summed E-state index contributed by atoms with van der Waals surface area (Å²) in [5.41, 5.74) is 3.44. The molecular formula is C24H18ClNO3. The van der Waals surface area contributed by atoms with Gasteiger partial charge in [0.2, 0.25) is 5.78 Å². The first-order chi connectivity index (χ1) is 14.1. The molecule has 0 saturated carbocycles. The monoisotopic (exact) mass is 403 g/mol. The number of halogens is 1. The summed E-state index contributed by atoms with van der Waals surface area (Å²) in [6.45, 7) is -0.363. The largest absolute Gasteiger partial charge is 0.454 e. The second-order valence-electron chi connectivity index (χ2n) is 6.64. The summed E-state index contributed by atoms with van der Waals surface area (Å²) in [6, 6.07) is 24.0. The molecule has 0 amide bonds. The van der Waals surface area contributed by atoms with E-state index in [4.69, 9.17) is 16.3 Å². The first-order valence-electron chi connectivity index (χ1n) is 9.15. The van der Waals surface area contributed by atoms with Crippen LogP contribution in [0.25, 0.3) is 22.2 Å². The van der Waals surface area contributed by atoms with Crippen LogP contribution in [0.1, 0.15) is 20.7 Å². The molecule has 0 fully saturated rings. The zero-order valence-electron chi connectivity index (χ0n) is 15.8. The SMILES string of the molecule is Cn1c(-c2ccccc2)c(C(=O)COC(=O)c2ccccc2Cl)c2ccccc21. The third kappa shape index (κ3) is 3.55. The fourth-order valence-electron chi connectivity index (χ4n) is 3.52. The minimum Gasteiger partial charge on any atom is -0.454 e. The molecule has 1 aromatic heterocycles. The van der Waals surface area contributed by atoms with Crippen molar-refractivity contribution in [2.45, 2.75) is 0 Å². The van der Waals surface area contributed by atoms with Crippen LogP contribution >= 0.6 is 11.6 Å². The second-order valence-corrected chi connectivity index (χ2v) is 7.05. The highest BCUT2D eigenvalue weighted by Crippen LogP contribution is 2.33. The smallest absolute Gasteiger partial charge is 0.340 e. The maximum absolute atomic E-state index is 13.2. The lowest BCUT2D eigenvalue weighted by Crippen LogP contribution is -2.15. The standard InChI is InChI=1S/C24H18ClNO3/c1-26-20-14-8-6-12-18(20)22(23(26)16-9-3-2-4-10-16)21(27)15-29-24(28)17-11-5-7-13-19(17)25/h2-14H,15H2,1H3. The van der Waals surface area contributed by atoms with Crippen LogP contribution in [0, 0.1) is 0 Å². The van der Waals surface area contributed by atoms with Gasteiger partial charge in [-0.15, -0.1) is 0 Å². The molecule has 0 radical (unpaired) electrons. The van der Waals surface area contributed by atoms with Crippen LogP contribution < -0.4 is 0 Å². The number of para-hydroxylation sites is 1. The number of Topliss-reactive ketones (excluding diaryl/α,β-unsaturated/α-hetero) is 1. The summed E-state index contributed by atoms with van der Waals surface area (Å²) in [7, 11) is 1.93. The Bertz CT molecular complexity index is 1210. The molecule has 0 atom stereocenters. The number of carbonyl (C=O) groups is 2. The maximum atomic E-state index is 13.2. The molecule has 4 nitrogen and oxygen atoms in total. The molecule has 0 saturated heterocycles. The van der Waals surface area contributed by atoms with Crippen LogP contribution in [0.3, 0.4) is 0 Å². The Hall–Kier alpha value is -3.37. The number of aryl methyl sites for hydroxylation is 1. The van der Waals surface area contributed by atoms with Crippen molar-refractivity contribution in [2.75, 3.05) is 6.61 Å². The summed E-state index contributed by atoms with van der Waals surface area (Å²) in [5, 5.41) is 1.12. The number of ether oxygens (including phenoxy) is 1.